The van der Waals surface area contributed by atoms with Gasteiger partial charge in [-0.2, -0.15) is 10.1 Å². The molecule has 3 aromatic heterocycles. The van der Waals surface area contributed by atoms with Crippen LogP contribution < -0.4 is 5.32 Å². The van der Waals surface area contributed by atoms with E-state index < -0.39 is 6.04 Å². The van der Waals surface area contributed by atoms with Crippen LogP contribution in [0.2, 0.25) is 0 Å². The van der Waals surface area contributed by atoms with E-state index in [0.717, 1.165) is 17.1 Å². The summed E-state index contributed by atoms with van der Waals surface area (Å²) in [6.07, 6.45) is 5.66. The minimum atomic E-state index is -0.457. The van der Waals surface area contributed by atoms with E-state index in [1.165, 1.54) is 25.0 Å². The third kappa shape index (κ3) is 3.09. The number of aromatic amines is 1. The van der Waals surface area contributed by atoms with Crippen LogP contribution in [0.4, 0.5) is 10.3 Å². The van der Waals surface area contributed by atoms with Crippen molar-refractivity contribution in [1.29, 1.82) is 0 Å². The third-order valence-corrected chi connectivity index (χ3v) is 4.90. The van der Waals surface area contributed by atoms with E-state index in [2.05, 4.69) is 30.5 Å². The van der Waals surface area contributed by atoms with Gasteiger partial charge in [-0.1, -0.05) is 12.1 Å². The molecule has 5 rings (SSSR count). The van der Waals surface area contributed by atoms with Crippen molar-refractivity contribution in [2.24, 2.45) is 0 Å². The zero-order chi connectivity index (χ0) is 19.1. The maximum atomic E-state index is 13.2. The van der Waals surface area contributed by atoms with Crippen LogP contribution in [-0.4, -0.2) is 41.4 Å². The SMILES string of the molecule is OC[C@H](Nc1ncc2ncn(-c3cc(C4CC4)[nH]n3)c2n1)c1ccc(F)cc1. The summed E-state index contributed by atoms with van der Waals surface area (Å²) < 4.78 is 15.0. The molecule has 3 N–H and O–H groups in total. The average Bonchev–Trinajstić information content (AvgIpc) is 3.30. The molecule has 1 aliphatic carbocycles. The van der Waals surface area contributed by atoms with Crippen LogP contribution in [-0.2, 0) is 0 Å². The van der Waals surface area contributed by atoms with Gasteiger partial charge in [0.25, 0.3) is 0 Å². The van der Waals surface area contributed by atoms with Crippen molar-refractivity contribution in [3.63, 3.8) is 0 Å². The van der Waals surface area contributed by atoms with Crippen molar-refractivity contribution in [2.45, 2.75) is 24.8 Å². The maximum absolute atomic E-state index is 13.2. The lowest BCUT2D eigenvalue weighted by Gasteiger charge is -2.16. The van der Waals surface area contributed by atoms with Crippen LogP contribution in [0, 0.1) is 5.82 Å². The van der Waals surface area contributed by atoms with Gasteiger partial charge in [-0.3, -0.25) is 9.67 Å². The van der Waals surface area contributed by atoms with Crippen LogP contribution >= 0.6 is 0 Å². The van der Waals surface area contributed by atoms with Crippen LogP contribution in [0.25, 0.3) is 17.0 Å². The number of H-pyrrole nitrogens is 1. The molecule has 0 aliphatic heterocycles. The molecule has 1 fully saturated rings. The smallest absolute Gasteiger partial charge is 0.225 e. The number of rotatable bonds is 6. The highest BCUT2D eigenvalue weighted by Gasteiger charge is 2.26. The molecule has 0 saturated heterocycles. The number of aliphatic hydroxyl groups is 1. The molecule has 28 heavy (non-hydrogen) atoms. The van der Waals surface area contributed by atoms with E-state index in [1.807, 2.05) is 6.07 Å². The monoisotopic (exact) mass is 379 g/mol. The molecule has 3 heterocycles. The van der Waals surface area contributed by atoms with Crippen molar-refractivity contribution in [3.8, 4) is 5.82 Å². The Kier molecular flexibility index (Phi) is 4.01. The quantitative estimate of drug-likeness (QED) is 0.476. The molecular formula is C19H18FN7O. The summed E-state index contributed by atoms with van der Waals surface area (Å²) in [6, 6.07) is 7.51. The lowest BCUT2D eigenvalue weighted by Crippen LogP contribution is -2.16. The molecule has 0 amide bonds. The zero-order valence-electron chi connectivity index (χ0n) is 14.9. The number of fused-ring (bicyclic) bond motifs is 1. The van der Waals surface area contributed by atoms with Gasteiger partial charge in [-0.25, -0.2) is 14.4 Å². The summed E-state index contributed by atoms with van der Waals surface area (Å²) in [5, 5.41) is 20.3. The summed E-state index contributed by atoms with van der Waals surface area (Å²) >= 11 is 0. The molecule has 4 aromatic rings. The number of anilines is 1. The highest BCUT2D eigenvalue weighted by molar-refractivity contribution is 5.73. The first-order valence-electron chi connectivity index (χ1n) is 9.10. The van der Waals surface area contributed by atoms with E-state index in [1.54, 1.807) is 29.2 Å². The summed E-state index contributed by atoms with van der Waals surface area (Å²) in [4.78, 5) is 13.2. The Hall–Kier alpha value is -3.33. The highest BCUT2D eigenvalue weighted by atomic mass is 19.1. The number of hydrogen-bond donors (Lipinski definition) is 3. The minimum Gasteiger partial charge on any atom is -0.394 e. The Morgan fingerprint density at radius 2 is 2.07 bits per heavy atom. The second-order valence-corrected chi connectivity index (χ2v) is 6.90. The Morgan fingerprint density at radius 1 is 1.25 bits per heavy atom. The van der Waals surface area contributed by atoms with Crippen LogP contribution in [0.5, 0.6) is 0 Å². The molecule has 0 spiro atoms. The summed E-state index contributed by atoms with van der Waals surface area (Å²) in [6.45, 7) is -0.184. The lowest BCUT2D eigenvalue weighted by molar-refractivity contribution is 0.276. The van der Waals surface area contributed by atoms with Crippen LogP contribution in [0.15, 0.2) is 42.9 Å². The molecular weight excluding hydrogens is 361 g/mol. The zero-order valence-corrected chi connectivity index (χ0v) is 14.9. The Balaban J connectivity index is 1.45. The molecule has 8 nitrogen and oxygen atoms in total. The molecule has 9 heteroatoms. The van der Waals surface area contributed by atoms with E-state index in [0.29, 0.717) is 23.0 Å². The van der Waals surface area contributed by atoms with Crippen molar-refractivity contribution in [1.82, 2.24) is 29.7 Å². The standard InChI is InChI=1S/C19H18FN7O/c20-13-5-3-12(4-6-13)16(9-28)23-19-21-8-15-18(24-19)27(10-22-15)17-7-14(25-26-17)11-1-2-11/h3-8,10-11,16,28H,1-2,9H2,(H,25,26)(H,21,23,24)/t16-/m0/s1. The van der Waals surface area contributed by atoms with Gasteiger partial charge in [0.1, 0.15) is 17.7 Å². The predicted octanol–water partition coefficient (Wildman–Crippen LogP) is 2.70. The van der Waals surface area contributed by atoms with Gasteiger partial charge in [0, 0.05) is 17.7 Å². The minimum absolute atomic E-state index is 0.184. The highest BCUT2D eigenvalue weighted by Crippen LogP contribution is 2.39. The van der Waals surface area contributed by atoms with E-state index in [-0.39, 0.29) is 12.4 Å². The van der Waals surface area contributed by atoms with Gasteiger partial charge in [-0.15, -0.1) is 0 Å². The second kappa shape index (κ2) is 6.68. The third-order valence-electron chi connectivity index (χ3n) is 4.90. The number of benzene rings is 1. The summed E-state index contributed by atoms with van der Waals surface area (Å²) in [5.74, 6) is 1.32. The van der Waals surface area contributed by atoms with Gasteiger partial charge in [0.2, 0.25) is 5.95 Å². The fourth-order valence-electron chi connectivity index (χ4n) is 3.18. The first-order chi connectivity index (χ1) is 13.7. The molecule has 142 valence electrons. The fourth-order valence-corrected chi connectivity index (χ4v) is 3.18. The first-order valence-corrected chi connectivity index (χ1v) is 9.10. The molecule has 1 atom stereocenters. The van der Waals surface area contributed by atoms with Crippen molar-refractivity contribution >= 4 is 17.1 Å². The topological polar surface area (TPSA) is 105 Å². The molecule has 0 unspecified atom stereocenters. The van der Waals surface area contributed by atoms with Crippen molar-refractivity contribution in [2.75, 3.05) is 11.9 Å². The number of imidazole rings is 1. The number of nitrogens with one attached hydrogen (secondary N) is 2. The number of hydrogen-bond acceptors (Lipinski definition) is 6. The van der Waals surface area contributed by atoms with Crippen LogP contribution in [0.3, 0.4) is 0 Å². The van der Waals surface area contributed by atoms with E-state index in [4.69, 9.17) is 0 Å². The van der Waals surface area contributed by atoms with Gasteiger partial charge in [-0.05, 0) is 30.5 Å². The summed E-state index contributed by atoms with van der Waals surface area (Å²) in [5.41, 5.74) is 3.12. The summed E-state index contributed by atoms with van der Waals surface area (Å²) in [7, 11) is 0. The molecule has 0 radical (unpaired) electrons. The first kappa shape index (κ1) is 16.8. The largest absolute Gasteiger partial charge is 0.394 e. The maximum Gasteiger partial charge on any atom is 0.225 e. The van der Waals surface area contributed by atoms with E-state index in [9.17, 15) is 9.50 Å². The Labute approximate surface area is 159 Å². The Morgan fingerprint density at radius 3 is 2.82 bits per heavy atom. The lowest BCUT2D eigenvalue weighted by atomic mass is 10.1. The number of halogens is 1. The van der Waals surface area contributed by atoms with Gasteiger partial charge < -0.3 is 10.4 Å². The van der Waals surface area contributed by atoms with Crippen molar-refractivity contribution in [3.05, 3.63) is 59.9 Å². The molecule has 0 bridgehead atoms. The van der Waals surface area contributed by atoms with Gasteiger partial charge in [0.15, 0.2) is 11.5 Å². The Bertz CT molecular complexity index is 1120. The fraction of sp³-hybridized carbons (Fsp3) is 0.263. The number of nitrogens with zero attached hydrogens (tertiary/aromatic N) is 5. The number of aromatic nitrogens is 6. The number of aliphatic hydroxyl groups excluding tert-OH is 1. The van der Waals surface area contributed by atoms with E-state index >= 15 is 0 Å². The van der Waals surface area contributed by atoms with Crippen molar-refractivity contribution < 1.29 is 9.50 Å². The van der Waals surface area contributed by atoms with Gasteiger partial charge >= 0.3 is 0 Å². The second-order valence-electron chi connectivity index (χ2n) is 6.90. The normalized spacial score (nSPS) is 15.1. The molecule has 1 aromatic carbocycles. The predicted molar refractivity (Wildman–Crippen MR) is 101 cm³/mol. The molecule has 1 saturated carbocycles. The van der Waals surface area contributed by atoms with Gasteiger partial charge in [0.05, 0.1) is 18.8 Å². The average molecular weight is 379 g/mol. The van der Waals surface area contributed by atoms with Crippen LogP contribution in [0.1, 0.15) is 36.1 Å². The molecule has 1 aliphatic rings.